The molecule has 0 atom stereocenters. The van der Waals surface area contributed by atoms with Crippen molar-refractivity contribution in [2.45, 2.75) is 0 Å². The lowest BCUT2D eigenvalue weighted by Crippen LogP contribution is -1.92. The van der Waals surface area contributed by atoms with E-state index in [0.717, 1.165) is 0 Å². The van der Waals surface area contributed by atoms with Gasteiger partial charge in [-0.15, -0.1) is 0 Å². The molecule has 0 heteroatoms. The number of hydrogen-bond donors (Lipinski definition) is 0. The highest BCUT2D eigenvalue weighted by Crippen LogP contribution is 2.38. The second-order valence-corrected chi connectivity index (χ2v) is 9.03. The van der Waals surface area contributed by atoms with Gasteiger partial charge in [-0.25, -0.2) is 0 Å². The largest absolute Gasteiger partial charge is 0.0622 e. The van der Waals surface area contributed by atoms with Crippen LogP contribution >= 0.6 is 0 Å². The average Bonchev–Trinajstić information content (AvgIpc) is 2.95. The van der Waals surface area contributed by atoms with Crippen molar-refractivity contribution in [2.24, 2.45) is 0 Å². The lowest BCUT2D eigenvalue weighted by atomic mass is 9.87. The summed E-state index contributed by atoms with van der Waals surface area (Å²) in [6.45, 7) is 0. The van der Waals surface area contributed by atoms with E-state index in [1.807, 2.05) is 0 Å². The second-order valence-electron chi connectivity index (χ2n) is 9.03. The van der Waals surface area contributed by atoms with E-state index in [4.69, 9.17) is 0 Å². The van der Waals surface area contributed by atoms with Crippen molar-refractivity contribution in [3.63, 3.8) is 0 Å². The van der Waals surface area contributed by atoms with Gasteiger partial charge in [-0.3, -0.25) is 0 Å². The Morgan fingerprint density at radius 2 is 0.917 bits per heavy atom. The Labute approximate surface area is 212 Å². The Balaban J connectivity index is 1.66. The Kier molecular flexibility index (Phi) is 6.00. The Morgan fingerprint density at radius 3 is 1.56 bits per heavy atom. The predicted molar refractivity (Wildman–Crippen MR) is 158 cm³/mol. The van der Waals surface area contributed by atoms with E-state index in [1.54, 1.807) is 0 Å². The minimum Gasteiger partial charge on any atom is -0.0622 e. The molecule has 0 radical (unpaired) electrons. The van der Waals surface area contributed by atoms with Crippen LogP contribution in [0, 0.1) is 0 Å². The number of fused-ring (bicyclic) bond motifs is 2. The van der Waals surface area contributed by atoms with Gasteiger partial charge in [-0.05, 0) is 73.1 Å². The maximum Gasteiger partial charge on any atom is -0.00266 e. The molecule has 0 bridgehead atoms. The third-order valence-electron chi connectivity index (χ3n) is 6.64. The maximum absolute atomic E-state index is 2.34. The summed E-state index contributed by atoms with van der Waals surface area (Å²) in [5.74, 6) is 0. The van der Waals surface area contributed by atoms with Crippen molar-refractivity contribution in [2.75, 3.05) is 0 Å². The molecule has 6 rings (SSSR count). The summed E-state index contributed by atoms with van der Waals surface area (Å²) in [5.41, 5.74) is 7.29. The monoisotopic (exact) mass is 458 g/mol. The topological polar surface area (TPSA) is 0 Å². The summed E-state index contributed by atoms with van der Waals surface area (Å²) < 4.78 is 0. The Morgan fingerprint density at radius 1 is 0.389 bits per heavy atom. The zero-order valence-corrected chi connectivity index (χ0v) is 20.0. The van der Waals surface area contributed by atoms with Crippen molar-refractivity contribution in [1.82, 2.24) is 0 Å². The van der Waals surface area contributed by atoms with Gasteiger partial charge in [0, 0.05) is 0 Å². The third-order valence-corrected chi connectivity index (χ3v) is 6.64. The number of benzene rings is 6. The zero-order valence-electron chi connectivity index (χ0n) is 20.0. The van der Waals surface area contributed by atoms with Gasteiger partial charge in [0.25, 0.3) is 0 Å². The summed E-state index contributed by atoms with van der Waals surface area (Å²) in [5, 5.41) is 5.03. The summed E-state index contributed by atoms with van der Waals surface area (Å²) in [7, 11) is 0. The maximum atomic E-state index is 2.34. The first kappa shape index (κ1) is 21.8. The standard InChI is InChI=1S/C36H26/c1-4-12-27(13-5-1)20-22-32-25-33-24-30-18-10-11-19-31(30)26-35(33)36(29-16-8-3-9-17-29)34(32)23-21-28-14-6-2-7-15-28/h1-26H. The van der Waals surface area contributed by atoms with E-state index in [0.29, 0.717) is 0 Å². The molecule has 170 valence electrons. The van der Waals surface area contributed by atoms with E-state index in [9.17, 15) is 0 Å². The van der Waals surface area contributed by atoms with Crippen LogP contribution in [0.3, 0.4) is 0 Å². The molecule has 0 unspecified atom stereocenters. The lowest BCUT2D eigenvalue weighted by molar-refractivity contribution is 1.61. The van der Waals surface area contributed by atoms with E-state index >= 15 is 0 Å². The highest BCUT2D eigenvalue weighted by molar-refractivity contribution is 6.09. The molecule has 6 aromatic rings. The van der Waals surface area contributed by atoms with Gasteiger partial charge in [-0.2, -0.15) is 0 Å². The van der Waals surface area contributed by atoms with Gasteiger partial charge >= 0.3 is 0 Å². The van der Waals surface area contributed by atoms with Gasteiger partial charge in [0.15, 0.2) is 0 Å². The molecule has 36 heavy (non-hydrogen) atoms. The molecular weight excluding hydrogens is 432 g/mol. The van der Waals surface area contributed by atoms with Gasteiger partial charge < -0.3 is 0 Å². The molecule has 0 N–H and O–H groups in total. The fourth-order valence-electron chi connectivity index (χ4n) is 4.86. The summed E-state index contributed by atoms with van der Waals surface area (Å²) in [4.78, 5) is 0. The molecule has 0 nitrogen and oxygen atoms in total. The molecule has 0 aliphatic heterocycles. The fourth-order valence-corrected chi connectivity index (χ4v) is 4.86. The van der Waals surface area contributed by atoms with Crippen molar-refractivity contribution < 1.29 is 0 Å². The van der Waals surface area contributed by atoms with Crippen LogP contribution in [0.2, 0.25) is 0 Å². The summed E-state index contributed by atoms with van der Waals surface area (Å²) in [6, 6.07) is 47.4. The van der Waals surface area contributed by atoms with Gasteiger partial charge in [-0.1, -0.05) is 140 Å². The van der Waals surface area contributed by atoms with Crippen molar-refractivity contribution in [1.29, 1.82) is 0 Å². The van der Waals surface area contributed by atoms with E-state index in [-0.39, 0.29) is 0 Å². The van der Waals surface area contributed by atoms with Gasteiger partial charge in [0.1, 0.15) is 0 Å². The molecule has 0 heterocycles. The van der Waals surface area contributed by atoms with E-state index in [2.05, 4.69) is 158 Å². The molecule has 6 aromatic carbocycles. The molecule has 0 aliphatic rings. The van der Waals surface area contributed by atoms with E-state index < -0.39 is 0 Å². The molecule has 0 saturated carbocycles. The molecule has 0 aromatic heterocycles. The Hall–Kier alpha value is -4.68. The van der Waals surface area contributed by atoms with Crippen LogP contribution in [-0.2, 0) is 0 Å². The zero-order chi connectivity index (χ0) is 24.2. The molecule has 0 saturated heterocycles. The predicted octanol–water partition coefficient (Wildman–Crippen LogP) is 10.0. The normalized spacial score (nSPS) is 11.7. The van der Waals surface area contributed by atoms with Crippen LogP contribution in [0.15, 0.2) is 133 Å². The fraction of sp³-hybridized carbons (Fsp3) is 0. The number of hydrogen-bond acceptors (Lipinski definition) is 0. The first-order valence-electron chi connectivity index (χ1n) is 12.4. The first-order valence-corrected chi connectivity index (χ1v) is 12.4. The highest BCUT2D eigenvalue weighted by atomic mass is 14.2. The highest BCUT2D eigenvalue weighted by Gasteiger charge is 2.13. The summed E-state index contributed by atoms with van der Waals surface area (Å²) in [6.07, 6.45) is 8.95. The van der Waals surface area contributed by atoms with Gasteiger partial charge in [0.05, 0.1) is 0 Å². The minimum atomic E-state index is 1.19. The van der Waals surface area contributed by atoms with Crippen LogP contribution in [0.25, 0.3) is 57.0 Å². The second kappa shape index (κ2) is 9.90. The molecule has 0 fully saturated rings. The van der Waals surface area contributed by atoms with Crippen LogP contribution in [0.4, 0.5) is 0 Å². The first-order chi connectivity index (χ1) is 17.8. The smallest absolute Gasteiger partial charge is 0.00266 e. The van der Waals surface area contributed by atoms with Gasteiger partial charge in [0.2, 0.25) is 0 Å². The SMILES string of the molecule is C(=Cc1cc2cc3ccccc3cc2c(-c2ccccc2)c1C=Cc1ccccc1)c1ccccc1. The van der Waals surface area contributed by atoms with Crippen molar-refractivity contribution in [3.05, 3.63) is 156 Å². The van der Waals surface area contributed by atoms with Crippen LogP contribution in [-0.4, -0.2) is 0 Å². The lowest BCUT2D eigenvalue weighted by Gasteiger charge is -2.16. The van der Waals surface area contributed by atoms with Crippen molar-refractivity contribution >= 4 is 45.8 Å². The average molecular weight is 459 g/mol. The van der Waals surface area contributed by atoms with E-state index in [1.165, 1.54) is 54.9 Å². The molecule has 0 aliphatic carbocycles. The third kappa shape index (κ3) is 4.50. The van der Waals surface area contributed by atoms with Crippen molar-refractivity contribution in [3.8, 4) is 11.1 Å². The molecule has 0 amide bonds. The minimum absolute atomic E-state index is 1.19. The summed E-state index contributed by atoms with van der Waals surface area (Å²) >= 11 is 0. The van der Waals surface area contributed by atoms with Crippen LogP contribution in [0.1, 0.15) is 22.3 Å². The Bertz CT molecular complexity index is 1690. The van der Waals surface area contributed by atoms with Crippen LogP contribution in [0.5, 0.6) is 0 Å². The van der Waals surface area contributed by atoms with Crippen LogP contribution < -0.4 is 0 Å². The molecular formula is C36H26. The molecule has 0 spiro atoms. The quantitative estimate of drug-likeness (QED) is 0.178. The number of rotatable bonds is 5.